The van der Waals surface area contributed by atoms with E-state index in [-0.39, 0.29) is 6.04 Å². The van der Waals surface area contributed by atoms with Crippen LogP contribution in [-0.2, 0) is 0 Å². The molecule has 6 heteroatoms. The first-order valence-electron chi connectivity index (χ1n) is 6.46. The van der Waals surface area contributed by atoms with Gasteiger partial charge in [0.25, 0.3) is 0 Å². The van der Waals surface area contributed by atoms with Crippen LogP contribution in [0.15, 0.2) is 18.2 Å². The fraction of sp³-hybridized carbons (Fsp3) is 0.429. The Morgan fingerprint density at radius 3 is 2.65 bits per heavy atom. The van der Waals surface area contributed by atoms with E-state index in [9.17, 15) is 0 Å². The molecule has 5 nitrogen and oxygen atoms in total. The van der Waals surface area contributed by atoms with Crippen molar-refractivity contribution in [2.75, 3.05) is 21.3 Å². The monoisotopic (exact) mass is 293 g/mol. The van der Waals surface area contributed by atoms with Crippen molar-refractivity contribution in [3.8, 4) is 22.1 Å². The lowest BCUT2D eigenvalue weighted by molar-refractivity contribution is 0.404. The third-order valence-corrected chi connectivity index (χ3v) is 4.20. The highest BCUT2D eigenvalue weighted by Crippen LogP contribution is 2.36. The largest absolute Gasteiger partial charge is 0.497 e. The fourth-order valence-electron chi connectivity index (χ4n) is 1.97. The second kappa shape index (κ2) is 6.67. The van der Waals surface area contributed by atoms with Crippen LogP contribution >= 0.6 is 11.3 Å². The van der Waals surface area contributed by atoms with Gasteiger partial charge in [-0.2, -0.15) is 0 Å². The first-order chi connectivity index (χ1) is 9.73. The van der Waals surface area contributed by atoms with E-state index in [1.165, 1.54) is 0 Å². The normalized spacial score (nSPS) is 12.2. The average Bonchev–Trinajstić information content (AvgIpc) is 2.97. The smallest absolute Gasteiger partial charge is 0.151 e. The van der Waals surface area contributed by atoms with E-state index in [0.29, 0.717) is 0 Å². The number of methoxy groups -OCH3 is 2. The van der Waals surface area contributed by atoms with Crippen LogP contribution < -0.4 is 14.8 Å². The number of nitrogens with zero attached hydrogens (tertiary/aromatic N) is 2. The van der Waals surface area contributed by atoms with E-state index in [1.54, 1.807) is 25.6 Å². The number of nitrogens with one attached hydrogen (secondary N) is 1. The molecule has 0 aliphatic heterocycles. The highest BCUT2D eigenvalue weighted by molar-refractivity contribution is 7.14. The molecule has 1 atom stereocenters. The van der Waals surface area contributed by atoms with Crippen molar-refractivity contribution in [1.82, 2.24) is 15.5 Å². The quantitative estimate of drug-likeness (QED) is 0.887. The van der Waals surface area contributed by atoms with Crippen molar-refractivity contribution in [2.45, 2.75) is 19.4 Å². The molecule has 0 saturated heterocycles. The molecule has 0 aliphatic carbocycles. The van der Waals surface area contributed by atoms with E-state index in [1.807, 2.05) is 25.2 Å². The van der Waals surface area contributed by atoms with Crippen molar-refractivity contribution in [3.05, 3.63) is 23.2 Å². The van der Waals surface area contributed by atoms with Gasteiger partial charge in [0.1, 0.15) is 16.5 Å². The Hall–Kier alpha value is -1.66. The maximum atomic E-state index is 5.39. The van der Waals surface area contributed by atoms with Crippen LogP contribution in [0.25, 0.3) is 10.6 Å². The SMILES string of the molecule is CCC(NC)c1nnc(-c2cc(OC)ccc2OC)s1. The van der Waals surface area contributed by atoms with Gasteiger partial charge in [0.2, 0.25) is 0 Å². The maximum Gasteiger partial charge on any atom is 0.151 e. The first-order valence-corrected chi connectivity index (χ1v) is 7.28. The van der Waals surface area contributed by atoms with Crippen molar-refractivity contribution in [1.29, 1.82) is 0 Å². The molecule has 1 heterocycles. The van der Waals surface area contributed by atoms with Gasteiger partial charge in [0.05, 0.1) is 25.8 Å². The molecule has 0 amide bonds. The molecule has 2 rings (SSSR count). The Bertz CT molecular complexity index is 567. The Kier molecular flexibility index (Phi) is 4.92. The average molecular weight is 293 g/mol. The number of ether oxygens (including phenoxy) is 2. The lowest BCUT2D eigenvalue weighted by Gasteiger charge is -2.09. The first kappa shape index (κ1) is 14.7. The van der Waals surface area contributed by atoms with Gasteiger partial charge in [0.15, 0.2) is 5.01 Å². The molecule has 2 aromatic rings. The summed E-state index contributed by atoms with van der Waals surface area (Å²) in [5.74, 6) is 1.55. The van der Waals surface area contributed by atoms with Crippen LogP contribution in [0, 0.1) is 0 Å². The lowest BCUT2D eigenvalue weighted by Crippen LogP contribution is -2.14. The molecular formula is C14H19N3O2S. The molecule has 0 saturated carbocycles. The Morgan fingerprint density at radius 1 is 1.25 bits per heavy atom. The Morgan fingerprint density at radius 2 is 2.05 bits per heavy atom. The summed E-state index contributed by atoms with van der Waals surface area (Å²) in [6, 6.07) is 5.90. The van der Waals surface area contributed by atoms with Crippen LogP contribution in [0.2, 0.25) is 0 Å². The van der Waals surface area contributed by atoms with Gasteiger partial charge in [0, 0.05) is 0 Å². The van der Waals surface area contributed by atoms with Gasteiger partial charge in [-0.1, -0.05) is 18.3 Å². The number of hydrogen-bond acceptors (Lipinski definition) is 6. The van der Waals surface area contributed by atoms with Crippen LogP contribution in [0.5, 0.6) is 11.5 Å². The highest BCUT2D eigenvalue weighted by Gasteiger charge is 2.17. The molecule has 20 heavy (non-hydrogen) atoms. The molecule has 0 bridgehead atoms. The maximum absolute atomic E-state index is 5.39. The summed E-state index contributed by atoms with van der Waals surface area (Å²) in [6.07, 6.45) is 0.973. The van der Waals surface area contributed by atoms with Gasteiger partial charge >= 0.3 is 0 Å². The number of aromatic nitrogens is 2. The van der Waals surface area contributed by atoms with E-state index in [4.69, 9.17) is 9.47 Å². The summed E-state index contributed by atoms with van der Waals surface area (Å²) in [5, 5.41) is 13.6. The van der Waals surface area contributed by atoms with Crippen molar-refractivity contribution in [2.24, 2.45) is 0 Å². The van der Waals surface area contributed by atoms with E-state index in [0.717, 1.165) is 33.5 Å². The Balaban J connectivity index is 2.40. The number of rotatable bonds is 6. The van der Waals surface area contributed by atoms with Crippen LogP contribution in [0.4, 0.5) is 0 Å². The summed E-state index contributed by atoms with van der Waals surface area (Å²) in [4.78, 5) is 0. The summed E-state index contributed by atoms with van der Waals surface area (Å²) < 4.78 is 10.7. The zero-order valence-electron chi connectivity index (χ0n) is 12.1. The third kappa shape index (κ3) is 2.91. The van der Waals surface area contributed by atoms with Crippen molar-refractivity contribution in [3.63, 3.8) is 0 Å². The third-order valence-electron chi connectivity index (χ3n) is 3.13. The van der Waals surface area contributed by atoms with E-state index < -0.39 is 0 Å². The number of benzene rings is 1. The minimum atomic E-state index is 0.234. The summed E-state index contributed by atoms with van der Waals surface area (Å²) in [5.41, 5.74) is 0.904. The van der Waals surface area contributed by atoms with Gasteiger partial charge in [-0.05, 0) is 31.7 Å². The van der Waals surface area contributed by atoms with Crippen LogP contribution in [0.1, 0.15) is 24.4 Å². The van der Waals surface area contributed by atoms with Crippen molar-refractivity contribution < 1.29 is 9.47 Å². The predicted octanol–water partition coefficient (Wildman–Crippen LogP) is 2.89. The van der Waals surface area contributed by atoms with E-state index >= 15 is 0 Å². The molecule has 1 N–H and O–H groups in total. The summed E-state index contributed by atoms with van der Waals surface area (Å²) in [6.45, 7) is 2.12. The molecule has 0 spiro atoms. The minimum Gasteiger partial charge on any atom is -0.497 e. The Labute approximate surface area is 123 Å². The molecular weight excluding hydrogens is 274 g/mol. The van der Waals surface area contributed by atoms with Crippen molar-refractivity contribution >= 4 is 11.3 Å². The van der Waals surface area contributed by atoms with E-state index in [2.05, 4.69) is 22.4 Å². The molecule has 0 aliphatic rings. The lowest BCUT2D eigenvalue weighted by atomic mass is 10.2. The molecule has 1 unspecified atom stereocenters. The second-order valence-corrected chi connectivity index (χ2v) is 5.27. The number of hydrogen-bond donors (Lipinski definition) is 1. The fourth-order valence-corrected chi connectivity index (χ4v) is 3.03. The molecule has 1 aromatic carbocycles. The van der Waals surface area contributed by atoms with Gasteiger partial charge in [-0.3, -0.25) is 0 Å². The summed E-state index contributed by atoms with van der Waals surface area (Å²) in [7, 11) is 5.22. The zero-order chi connectivity index (χ0) is 14.5. The van der Waals surface area contributed by atoms with Crippen LogP contribution in [0.3, 0.4) is 0 Å². The minimum absolute atomic E-state index is 0.234. The topological polar surface area (TPSA) is 56.3 Å². The standard InChI is InChI=1S/C14H19N3O2S/c1-5-11(15-2)14-17-16-13(20-14)10-8-9(18-3)6-7-12(10)19-4/h6-8,11,15H,5H2,1-4H3. The van der Waals surface area contributed by atoms with Gasteiger partial charge in [-0.15, -0.1) is 10.2 Å². The molecule has 0 fully saturated rings. The van der Waals surface area contributed by atoms with Crippen LogP contribution in [-0.4, -0.2) is 31.5 Å². The molecule has 108 valence electrons. The van der Waals surface area contributed by atoms with Gasteiger partial charge in [-0.25, -0.2) is 0 Å². The molecule has 0 radical (unpaired) electrons. The highest BCUT2D eigenvalue weighted by atomic mass is 32.1. The zero-order valence-corrected chi connectivity index (χ0v) is 13.0. The van der Waals surface area contributed by atoms with Gasteiger partial charge < -0.3 is 14.8 Å². The predicted molar refractivity (Wildman–Crippen MR) is 80.5 cm³/mol. The second-order valence-electron chi connectivity index (χ2n) is 4.26. The summed E-state index contributed by atoms with van der Waals surface area (Å²) >= 11 is 1.57. The molecule has 1 aromatic heterocycles.